The molecule has 0 fully saturated rings. The van der Waals surface area contributed by atoms with Crippen molar-refractivity contribution >= 4 is 33.3 Å². The number of Topliss-reactive ketones (excluding diaryl/α,β-unsaturated/α-hetero) is 1. The molecule has 0 spiro atoms. The van der Waals surface area contributed by atoms with E-state index in [2.05, 4.69) is 15.9 Å². The van der Waals surface area contributed by atoms with E-state index in [0.29, 0.717) is 5.56 Å². The van der Waals surface area contributed by atoms with Crippen molar-refractivity contribution in [3.63, 3.8) is 0 Å². The minimum Gasteiger partial charge on any atom is -0.298 e. The summed E-state index contributed by atoms with van der Waals surface area (Å²) in [6.07, 6.45) is -4.49. The van der Waals surface area contributed by atoms with E-state index in [1.54, 1.807) is 0 Å². The van der Waals surface area contributed by atoms with Crippen molar-refractivity contribution in [3.05, 3.63) is 34.9 Å². The largest absolute Gasteiger partial charge is 0.416 e. The summed E-state index contributed by atoms with van der Waals surface area (Å²) in [4.78, 5) is 11.2. The van der Waals surface area contributed by atoms with Crippen LogP contribution in [0, 0.1) is 0 Å². The number of hydrogen-bond donors (Lipinski definition) is 0. The second-order valence-corrected chi connectivity index (χ2v) is 4.25. The second kappa shape index (κ2) is 5.87. The maximum Gasteiger partial charge on any atom is 0.416 e. The van der Waals surface area contributed by atoms with Crippen LogP contribution in [0.3, 0.4) is 0 Å². The molecule has 0 aliphatic heterocycles. The van der Waals surface area contributed by atoms with Crippen molar-refractivity contribution in [1.29, 1.82) is 0 Å². The highest BCUT2D eigenvalue weighted by Crippen LogP contribution is 2.34. The van der Waals surface area contributed by atoms with Gasteiger partial charge in [-0.3, -0.25) is 4.79 Å². The van der Waals surface area contributed by atoms with Crippen LogP contribution in [-0.4, -0.2) is 11.7 Å². The van der Waals surface area contributed by atoms with Crippen LogP contribution in [0.4, 0.5) is 13.2 Å². The van der Waals surface area contributed by atoms with E-state index in [1.807, 2.05) is 0 Å². The van der Waals surface area contributed by atoms with Gasteiger partial charge in [0.1, 0.15) is 0 Å². The Morgan fingerprint density at radius 3 is 2.47 bits per heavy atom. The van der Waals surface area contributed by atoms with Gasteiger partial charge in [-0.2, -0.15) is 13.2 Å². The molecule has 0 aromatic heterocycles. The third-order valence-electron chi connectivity index (χ3n) is 2.25. The molecule has 0 atom stereocenters. The van der Waals surface area contributed by atoms with Crippen molar-refractivity contribution in [3.8, 4) is 0 Å². The first-order chi connectivity index (χ1) is 7.90. The van der Waals surface area contributed by atoms with E-state index < -0.39 is 11.7 Å². The number of hydrogen-bond acceptors (Lipinski definition) is 1. The van der Waals surface area contributed by atoms with Gasteiger partial charge in [0, 0.05) is 11.8 Å². The molecule has 0 amide bonds. The molecule has 6 heteroatoms. The second-order valence-electron chi connectivity index (χ2n) is 3.42. The molecule has 1 aromatic rings. The molecule has 0 aliphatic carbocycles. The first-order valence-corrected chi connectivity index (χ1v) is 6.37. The molecule has 0 saturated heterocycles. The van der Waals surface area contributed by atoms with Crippen molar-refractivity contribution in [2.24, 2.45) is 0 Å². The zero-order chi connectivity index (χ0) is 13.1. The number of carbonyl (C=O) groups excluding carboxylic acids is 1. The van der Waals surface area contributed by atoms with Gasteiger partial charge in [-0.15, -0.1) is 11.6 Å². The first-order valence-electron chi connectivity index (χ1n) is 4.71. The highest BCUT2D eigenvalue weighted by atomic mass is 79.9. The third-order valence-corrected chi connectivity index (χ3v) is 3.11. The smallest absolute Gasteiger partial charge is 0.298 e. The van der Waals surface area contributed by atoms with Gasteiger partial charge in [-0.1, -0.05) is 28.1 Å². The number of rotatable bonds is 4. The van der Waals surface area contributed by atoms with Gasteiger partial charge in [0.05, 0.1) is 11.4 Å². The molecular weight excluding hydrogens is 320 g/mol. The summed E-state index contributed by atoms with van der Waals surface area (Å²) < 4.78 is 38.1. The Bertz CT molecular complexity index is 418. The molecule has 0 N–H and O–H groups in total. The Kier molecular flexibility index (Phi) is 5.01. The minimum atomic E-state index is -4.41. The number of alkyl halides is 5. The molecule has 1 nitrogen and oxygen atoms in total. The SMILES string of the molecule is O=C(CCl)Cc1cccc(C(F)(F)F)c1CBr. The van der Waals surface area contributed by atoms with Gasteiger partial charge < -0.3 is 0 Å². The summed E-state index contributed by atoms with van der Waals surface area (Å²) in [6.45, 7) is 0. The number of halogens is 5. The van der Waals surface area contributed by atoms with Gasteiger partial charge in [0.2, 0.25) is 0 Å². The zero-order valence-electron chi connectivity index (χ0n) is 8.65. The Morgan fingerprint density at radius 2 is 2.00 bits per heavy atom. The summed E-state index contributed by atoms with van der Waals surface area (Å²) in [7, 11) is 0. The van der Waals surface area contributed by atoms with Gasteiger partial charge in [0.15, 0.2) is 5.78 Å². The van der Waals surface area contributed by atoms with Crippen LogP contribution in [0.15, 0.2) is 18.2 Å². The number of carbonyl (C=O) groups is 1. The number of benzene rings is 1. The third kappa shape index (κ3) is 3.71. The fourth-order valence-electron chi connectivity index (χ4n) is 1.48. The molecule has 0 radical (unpaired) electrons. The van der Waals surface area contributed by atoms with E-state index in [-0.39, 0.29) is 29.0 Å². The van der Waals surface area contributed by atoms with E-state index in [4.69, 9.17) is 11.6 Å². The van der Waals surface area contributed by atoms with E-state index in [9.17, 15) is 18.0 Å². The Labute approximate surface area is 110 Å². The van der Waals surface area contributed by atoms with Crippen LogP contribution >= 0.6 is 27.5 Å². The monoisotopic (exact) mass is 328 g/mol. The van der Waals surface area contributed by atoms with Crippen molar-refractivity contribution < 1.29 is 18.0 Å². The van der Waals surface area contributed by atoms with Crippen molar-refractivity contribution in [2.45, 2.75) is 17.9 Å². The molecule has 1 aromatic carbocycles. The molecule has 1 rings (SSSR count). The maximum absolute atomic E-state index is 12.7. The van der Waals surface area contributed by atoms with Crippen LogP contribution in [-0.2, 0) is 22.7 Å². The summed E-state index contributed by atoms with van der Waals surface area (Å²) >= 11 is 8.36. The van der Waals surface area contributed by atoms with Gasteiger partial charge in [-0.25, -0.2) is 0 Å². The molecule has 94 valence electrons. The standard InChI is InChI=1S/C11H9BrClF3O/c12-5-9-7(4-8(17)6-13)2-1-3-10(9)11(14,15)16/h1-3H,4-6H2. The molecule has 0 aliphatic rings. The van der Waals surface area contributed by atoms with Gasteiger partial charge in [0.25, 0.3) is 0 Å². The lowest BCUT2D eigenvalue weighted by Crippen LogP contribution is -2.13. The highest BCUT2D eigenvalue weighted by Gasteiger charge is 2.33. The van der Waals surface area contributed by atoms with Crippen molar-refractivity contribution in [1.82, 2.24) is 0 Å². The fourth-order valence-corrected chi connectivity index (χ4v) is 2.24. The molecule has 0 unspecified atom stereocenters. The number of ketones is 1. The topological polar surface area (TPSA) is 17.1 Å². The predicted molar refractivity (Wildman–Crippen MR) is 63.5 cm³/mol. The minimum absolute atomic E-state index is 0.0492. The summed E-state index contributed by atoms with van der Waals surface area (Å²) in [6, 6.07) is 3.81. The maximum atomic E-state index is 12.7. The van der Waals surface area contributed by atoms with E-state index in [1.165, 1.54) is 12.1 Å². The van der Waals surface area contributed by atoms with Gasteiger partial charge in [-0.05, 0) is 17.2 Å². The van der Waals surface area contributed by atoms with Crippen LogP contribution in [0.1, 0.15) is 16.7 Å². The van der Waals surface area contributed by atoms with E-state index >= 15 is 0 Å². The predicted octanol–water partition coefficient (Wildman–Crippen LogP) is 3.95. The molecule has 0 saturated carbocycles. The lowest BCUT2D eigenvalue weighted by molar-refractivity contribution is -0.138. The van der Waals surface area contributed by atoms with E-state index in [0.717, 1.165) is 6.07 Å². The molecule has 0 bridgehead atoms. The first kappa shape index (κ1) is 14.5. The highest BCUT2D eigenvalue weighted by molar-refractivity contribution is 9.08. The molecule has 0 heterocycles. The van der Waals surface area contributed by atoms with Gasteiger partial charge >= 0.3 is 6.18 Å². The summed E-state index contributed by atoms with van der Waals surface area (Å²) in [5.41, 5.74) is -0.255. The Balaban J connectivity index is 3.19. The summed E-state index contributed by atoms with van der Waals surface area (Å²) in [5, 5.41) is 0.0492. The van der Waals surface area contributed by atoms with Crippen LogP contribution in [0.5, 0.6) is 0 Å². The lowest BCUT2D eigenvalue weighted by Gasteiger charge is -2.14. The van der Waals surface area contributed by atoms with Crippen LogP contribution < -0.4 is 0 Å². The van der Waals surface area contributed by atoms with Crippen LogP contribution in [0.2, 0.25) is 0 Å². The fraction of sp³-hybridized carbons (Fsp3) is 0.364. The zero-order valence-corrected chi connectivity index (χ0v) is 11.0. The van der Waals surface area contributed by atoms with Crippen LogP contribution in [0.25, 0.3) is 0 Å². The quantitative estimate of drug-likeness (QED) is 0.765. The average molecular weight is 330 g/mol. The summed E-state index contributed by atoms with van der Waals surface area (Å²) in [5.74, 6) is -0.494. The molecular formula is C11H9BrClF3O. The van der Waals surface area contributed by atoms with Crippen molar-refractivity contribution in [2.75, 3.05) is 5.88 Å². The Hall–Kier alpha value is -0.550. The average Bonchev–Trinajstić information content (AvgIpc) is 2.27. The Morgan fingerprint density at radius 1 is 1.35 bits per heavy atom. The lowest BCUT2D eigenvalue weighted by atomic mass is 9.98. The molecule has 17 heavy (non-hydrogen) atoms. The normalized spacial score (nSPS) is 11.6.